The molecular formula is C14H22ClN3O5S. The van der Waals surface area contributed by atoms with Crippen molar-refractivity contribution in [2.75, 3.05) is 32.6 Å². The molecule has 0 saturated heterocycles. The van der Waals surface area contributed by atoms with Gasteiger partial charge in [-0.15, -0.1) is 12.4 Å². The number of hydrogen-bond donors (Lipinski definition) is 3. The van der Waals surface area contributed by atoms with E-state index in [2.05, 4.69) is 20.1 Å². The molecule has 0 unspecified atom stereocenters. The Kier molecular flexibility index (Phi) is 10.2. The van der Waals surface area contributed by atoms with Gasteiger partial charge in [-0.2, -0.15) is 4.72 Å². The quantitative estimate of drug-likeness (QED) is 0.425. The Hall–Kier alpha value is -1.68. The number of carbonyl (C=O) groups excluding carboxylic acids is 2. The third kappa shape index (κ3) is 7.73. The van der Waals surface area contributed by atoms with Crippen LogP contribution in [0.25, 0.3) is 0 Å². The molecule has 0 fully saturated rings. The van der Waals surface area contributed by atoms with Crippen LogP contribution in [0.5, 0.6) is 0 Å². The van der Waals surface area contributed by atoms with Crippen LogP contribution in [0.2, 0.25) is 0 Å². The summed E-state index contributed by atoms with van der Waals surface area (Å²) in [6, 6.07) is 5.80. The molecule has 1 rings (SSSR count). The molecule has 136 valence electrons. The molecule has 0 atom stereocenters. The molecule has 0 spiro atoms. The molecule has 0 aromatic heterocycles. The number of ether oxygens (including phenoxy) is 1. The number of hydrogen-bond acceptors (Lipinski definition) is 6. The van der Waals surface area contributed by atoms with Crippen LogP contribution in [0, 0.1) is 0 Å². The highest BCUT2D eigenvalue weighted by molar-refractivity contribution is 7.89. The Bertz CT molecular complexity index is 652. The molecule has 0 saturated carbocycles. The first kappa shape index (κ1) is 22.3. The van der Waals surface area contributed by atoms with Gasteiger partial charge in [-0.05, 0) is 38.2 Å². The molecule has 1 aromatic carbocycles. The molecule has 0 radical (unpaired) electrons. The molecule has 0 aliphatic heterocycles. The number of methoxy groups -OCH3 is 1. The van der Waals surface area contributed by atoms with Crippen LogP contribution in [0.4, 0.5) is 5.69 Å². The maximum atomic E-state index is 12.1. The molecule has 8 nitrogen and oxygen atoms in total. The number of halogens is 1. The molecular weight excluding hydrogens is 358 g/mol. The van der Waals surface area contributed by atoms with Gasteiger partial charge in [-0.1, -0.05) is 6.07 Å². The van der Waals surface area contributed by atoms with E-state index >= 15 is 0 Å². The first-order chi connectivity index (χ1) is 10.9. The lowest BCUT2D eigenvalue weighted by molar-refractivity contribution is -0.139. The van der Waals surface area contributed by atoms with Crippen molar-refractivity contribution in [2.24, 2.45) is 0 Å². The SMILES string of the molecule is CNCCCC(=O)Nc1cccc(S(=O)(=O)NCC(=O)OC)c1.Cl. The Labute approximate surface area is 147 Å². The van der Waals surface area contributed by atoms with Crippen LogP contribution >= 0.6 is 12.4 Å². The fraction of sp³-hybridized carbons (Fsp3) is 0.429. The number of esters is 1. The van der Waals surface area contributed by atoms with Crippen LogP contribution in [0.15, 0.2) is 29.2 Å². The normalized spacial score (nSPS) is 10.6. The van der Waals surface area contributed by atoms with Gasteiger partial charge in [0.15, 0.2) is 0 Å². The largest absolute Gasteiger partial charge is 0.468 e. The average Bonchev–Trinajstić information content (AvgIpc) is 2.53. The summed E-state index contributed by atoms with van der Waals surface area (Å²) in [7, 11) is -0.890. The average molecular weight is 380 g/mol. The lowest BCUT2D eigenvalue weighted by Gasteiger charge is -2.09. The van der Waals surface area contributed by atoms with Crippen molar-refractivity contribution < 1.29 is 22.7 Å². The van der Waals surface area contributed by atoms with Crippen LogP contribution in [-0.2, 0) is 24.3 Å². The first-order valence-electron chi connectivity index (χ1n) is 7.00. The fourth-order valence-corrected chi connectivity index (χ4v) is 2.71. The first-order valence-corrected chi connectivity index (χ1v) is 8.48. The Morgan fingerprint density at radius 2 is 1.96 bits per heavy atom. The molecule has 3 N–H and O–H groups in total. The van der Waals surface area contributed by atoms with E-state index in [0.717, 1.165) is 6.54 Å². The summed E-state index contributed by atoms with van der Waals surface area (Å²) < 4.78 is 30.6. The Balaban J connectivity index is 0.00000529. The van der Waals surface area contributed by atoms with Gasteiger partial charge in [0.2, 0.25) is 15.9 Å². The zero-order valence-corrected chi connectivity index (χ0v) is 15.1. The smallest absolute Gasteiger partial charge is 0.320 e. The minimum absolute atomic E-state index is 0. The number of carbonyl (C=O) groups is 2. The highest BCUT2D eigenvalue weighted by Crippen LogP contribution is 2.15. The Morgan fingerprint density at radius 1 is 1.25 bits per heavy atom. The summed E-state index contributed by atoms with van der Waals surface area (Å²) in [6.45, 7) is 0.263. The molecule has 0 heterocycles. The van der Waals surface area contributed by atoms with Crippen molar-refractivity contribution in [3.63, 3.8) is 0 Å². The highest BCUT2D eigenvalue weighted by Gasteiger charge is 2.16. The highest BCUT2D eigenvalue weighted by atomic mass is 35.5. The lowest BCUT2D eigenvalue weighted by atomic mass is 10.2. The molecule has 24 heavy (non-hydrogen) atoms. The lowest BCUT2D eigenvalue weighted by Crippen LogP contribution is -2.30. The van der Waals surface area contributed by atoms with E-state index < -0.39 is 22.5 Å². The zero-order chi connectivity index (χ0) is 17.3. The van der Waals surface area contributed by atoms with E-state index in [1.807, 2.05) is 0 Å². The summed E-state index contributed by atoms with van der Waals surface area (Å²) in [5.74, 6) is -0.889. The number of rotatable bonds is 9. The van der Waals surface area contributed by atoms with E-state index in [1.54, 1.807) is 13.1 Å². The molecule has 0 aliphatic carbocycles. The second-order valence-electron chi connectivity index (χ2n) is 4.68. The summed E-state index contributed by atoms with van der Waals surface area (Å²) >= 11 is 0. The van der Waals surface area contributed by atoms with Gasteiger partial charge in [0, 0.05) is 12.1 Å². The van der Waals surface area contributed by atoms with E-state index in [9.17, 15) is 18.0 Å². The monoisotopic (exact) mass is 379 g/mol. The van der Waals surface area contributed by atoms with Crippen LogP contribution in [0.3, 0.4) is 0 Å². The second-order valence-corrected chi connectivity index (χ2v) is 6.45. The standard InChI is InChI=1S/C14H21N3O5S.ClH/c1-15-8-4-7-13(18)17-11-5-3-6-12(9-11)23(20,21)16-10-14(19)22-2;/h3,5-6,9,15-16H,4,7-8,10H2,1-2H3,(H,17,18);1H. The molecule has 0 bridgehead atoms. The maximum absolute atomic E-state index is 12.1. The summed E-state index contributed by atoms with van der Waals surface area (Å²) in [6.07, 6.45) is 1.01. The minimum atomic E-state index is -3.86. The van der Waals surface area contributed by atoms with Gasteiger partial charge in [0.25, 0.3) is 0 Å². The van der Waals surface area contributed by atoms with E-state index in [4.69, 9.17) is 0 Å². The van der Waals surface area contributed by atoms with Crippen molar-refractivity contribution in [2.45, 2.75) is 17.7 Å². The third-order valence-electron chi connectivity index (χ3n) is 2.89. The van der Waals surface area contributed by atoms with Crippen LogP contribution in [-0.4, -0.2) is 47.5 Å². The van der Waals surface area contributed by atoms with Crippen molar-refractivity contribution in [3.8, 4) is 0 Å². The van der Waals surface area contributed by atoms with Gasteiger partial charge in [0.05, 0.1) is 12.0 Å². The maximum Gasteiger partial charge on any atom is 0.320 e. The summed E-state index contributed by atoms with van der Waals surface area (Å²) in [5.41, 5.74) is 0.375. The van der Waals surface area contributed by atoms with E-state index in [1.165, 1.54) is 25.3 Å². The van der Waals surface area contributed by atoms with Gasteiger partial charge in [-0.3, -0.25) is 9.59 Å². The fourth-order valence-electron chi connectivity index (χ4n) is 1.70. The van der Waals surface area contributed by atoms with Crippen molar-refractivity contribution in [1.82, 2.24) is 10.0 Å². The van der Waals surface area contributed by atoms with Gasteiger partial charge in [0.1, 0.15) is 6.54 Å². The topological polar surface area (TPSA) is 114 Å². The molecule has 0 aliphatic rings. The van der Waals surface area contributed by atoms with Crippen LogP contribution < -0.4 is 15.4 Å². The Morgan fingerprint density at radius 3 is 2.58 bits per heavy atom. The predicted molar refractivity (Wildman–Crippen MR) is 92.7 cm³/mol. The molecule has 1 amide bonds. The van der Waals surface area contributed by atoms with Crippen molar-refractivity contribution in [3.05, 3.63) is 24.3 Å². The molecule has 10 heteroatoms. The number of anilines is 1. The summed E-state index contributed by atoms with van der Waals surface area (Å²) in [4.78, 5) is 22.7. The van der Waals surface area contributed by atoms with Gasteiger partial charge < -0.3 is 15.4 Å². The van der Waals surface area contributed by atoms with E-state index in [0.29, 0.717) is 18.5 Å². The molecule has 1 aromatic rings. The minimum Gasteiger partial charge on any atom is -0.468 e. The number of nitrogens with one attached hydrogen (secondary N) is 3. The number of benzene rings is 1. The van der Waals surface area contributed by atoms with Crippen LogP contribution in [0.1, 0.15) is 12.8 Å². The van der Waals surface area contributed by atoms with Gasteiger partial charge in [-0.25, -0.2) is 8.42 Å². The van der Waals surface area contributed by atoms with E-state index in [-0.39, 0.29) is 23.2 Å². The number of amides is 1. The van der Waals surface area contributed by atoms with Crippen molar-refractivity contribution in [1.29, 1.82) is 0 Å². The van der Waals surface area contributed by atoms with Gasteiger partial charge >= 0.3 is 5.97 Å². The van der Waals surface area contributed by atoms with Crippen molar-refractivity contribution >= 4 is 40.0 Å². The third-order valence-corrected chi connectivity index (χ3v) is 4.29. The second kappa shape index (κ2) is 11.0. The zero-order valence-electron chi connectivity index (χ0n) is 13.5. The number of sulfonamides is 1. The predicted octanol–water partition coefficient (Wildman–Crippen LogP) is 0.498. The summed E-state index contributed by atoms with van der Waals surface area (Å²) in [5, 5.41) is 5.58.